The van der Waals surface area contributed by atoms with Crippen molar-refractivity contribution in [3.63, 3.8) is 0 Å². The van der Waals surface area contributed by atoms with Crippen molar-refractivity contribution in [2.24, 2.45) is 0 Å². The molecule has 18 heavy (non-hydrogen) atoms. The largest absolute Gasteiger partial charge is 0.269 e. The molecule has 1 aromatic carbocycles. The molecule has 0 atom stereocenters. The maximum absolute atomic E-state index is 10.5. The van der Waals surface area contributed by atoms with Crippen LogP contribution in [0.5, 0.6) is 0 Å². The normalized spacial score (nSPS) is 9.61. The molecule has 2 aromatic rings. The van der Waals surface area contributed by atoms with E-state index in [1.807, 2.05) is 0 Å². The van der Waals surface area contributed by atoms with Gasteiger partial charge in [0.05, 0.1) is 4.92 Å². The van der Waals surface area contributed by atoms with Crippen LogP contribution in [0.4, 0.5) is 5.69 Å². The topological polar surface area (TPSA) is 73.8 Å². The Hall–Kier alpha value is -2.68. The van der Waals surface area contributed by atoms with E-state index in [-0.39, 0.29) is 5.69 Å². The Morgan fingerprint density at radius 2 is 2.11 bits per heavy atom. The van der Waals surface area contributed by atoms with Gasteiger partial charge in [0.25, 0.3) is 5.69 Å². The molecule has 1 heterocycles. The van der Waals surface area contributed by atoms with Crippen LogP contribution in [0.25, 0.3) is 11.4 Å². The fourth-order valence-electron chi connectivity index (χ4n) is 1.40. The Bertz CT molecular complexity index is 620. The van der Waals surface area contributed by atoms with Gasteiger partial charge in [0, 0.05) is 17.7 Å². The smallest absolute Gasteiger partial charge is 0.258 e. The molecule has 0 saturated heterocycles. The van der Waals surface area contributed by atoms with Gasteiger partial charge in [-0.05, 0) is 19.1 Å². The maximum atomic E-state index is 10.5. The number of hydrogen-bond acceptors (Lipinski definition) is 4. The van der Waals surface area contributed by atoms with E-state index in [1.54, 1.807) is 30.1 Å². The lowest BCUT2D eigenvalue weighted by molar-refractivity contribution is -0.384. The molecule has 1 aromatic heterocycles. The van der Waals surface area contributed by atoms with Crippen LogP contribution in [0.3, 0.4) is 0 Å². The molecule has 0 spiro atoms. The highest BCUT2D eigenvalue weighted by molar-refractivity contribution is 5.56. The van der Waals surface area contributed by atoms with Gasteiger partial charge in [0.1, 0.15) is 12.9 Å². The van der Waals surface area contributed by atoms with Crippen molar-refractivity contribution in [3.8, 4) is 23.2 Å². The summed E-state index contributed by atoms with van der Waals surface area (Å²) in [6.45, 7) is 2.24. The first-order chi connectivity index (χ1) is 8.70. The van der Waals surface area contributed by atoms with Crippen molar-refractivity contribution in [1.82, 2.24) is 14.8 Å². The first kappa shape index (κ1) is 11.8. The second kappa shape index (κ2) is 5.10. The molecular formula is C12H10N4O2. The minimum absolute atomic E-state index is 0.0510. The zero-order valence-electron chi connectivity index (χ0n) is 9.70. The fraction of sp³-hybridized carbons (Fsp3) is 0.167. The summed E-state index contributed by atoms with van der Waals surface area (Å²) < 4.78 is 1.62. The number of aromatic nitrogens is 3. The van der Waals surface area contributed by atoms with E-state index >= 15 is 0 Å². The summed E-state index contributed by atoms with van der Waals surface area (Å²) in [7, 11) is 0. The number of nitrogens with zero attached hydrogens (tertiary/aromatic N) is 4. The molecule has 0 saturated carbocycles. The fourth-order valence-corrected chi connectivity index (χ4v) is 1.40. The summed E-state index contributed by atoms with van der Waals surface area (Å²) in [4.78, 5) is 14.2. The van der Waals surface area contributed by atoms with Crippen molar-refractivity contribution in [2.75, 3.05) is 0 Å². The van der Waals surface area contributed by atoms with E-state index in [4.69, 9.17) is 0 Å². The zero-order valence-corrected chi connectivity index (χ0v) is 9.70. The van der Waals surface area contributed by atoms with E-state index in [0.717, 1.165) is 5.56 Å². The van der Waals surface area contributed by atoms with Gasteiger partial charge >= 0.3 is 0 Å². The van der Waals surface area contributed by atoms with Crippen LogP contribution < -0.4 is 0 Å². The van der Waals surface area contributed by atoms with Crippen molar-refractivity contribution in [1.29, 1.82) is 0 Å². The van der Waals surface area contributed by atoms with E-state index in [9.17, 15) is 10.1 Å². The average molecular weight is 242 g/mol. The lowest BCUT2D eigenvalue weighted by Gasteiger charge is -1.95. The summed E-state index contributed by atoms with van der Waals surface area (Å²) in [5, 5.41) is 14.8. The van der Waals surface area contributed by atoms with Crippen molar-refractivity contribution >= 4 is 5.69 Å². The Morgan fingerprint density at radius 1 is 1.39 bits per heavy atom. The average Bonchev–Trinajstić information content (AvgIpc) is 2.85. The van der Waals surface area contributed by atoms with Gasteiger partial charge in [0.2, 0.25) is 0 Å². The van der Waals surface area contributed by atoms with Gasteiger partial charge in [-0.25, -0.2) is 9.67 Å². The van der Waals surface area contributed by atoms with E-state index in [2.05, 4.69) is 21.9 Å². The van der Waals surface area contributed by atoms with Crippen molar-refractivity contribution in [2.45, 2.75) is 13.5 Å². The first-order valence-corrected chi connectivity index (χ1v) is 5.24. The van der Waals surface area contributed by atoms with Gasteiger partial charge in [-0.15, -0.1) is 5.92 Å². The highest BCUT2D eigenvalue weighted by Gasteiger charge is 2.07. The van der Waals surface area contributed by atoms with Crippen molar-refractivity contribution < 1.29 is 4.92 Å². The van der Waals surface area contributed by atoms with Crippen LogP contribution in [0.15, 0.2) is 30.6 Å². The van der Waals surface area contributed by atoms with Crippen LogP contribution in [-0.4, -0.2) is 19.7 Å². The van der Waals surface area contributed by atoms with Crippen molar-refractivity contribution in [3.05, 3.63) is 40.7 Å². The highest BCUT2D eigenvalue weighted by atomic mass is 16.6. The molecule has 0 aliphatic rings. The summed E-state index contributed by atoms with van der Waals surface area (Å²) in [6, 6.07) is 6.12. The molecule has 0 amide bonds. The van der Waals surface area contributed by atoms with Gasteiger partial charge in [-0.3, -0.25) is 10.1 Å². The van der Waals surface area contributed by atoms with Crippen LogP contribution in [0.1, 0.15) is 6.92 Å². The molecule has 0 unspecified atom stereocenters. The standard InChI is InChI=1S/C12H10N4O2/c1-2-3-8-15-9-13-12(14-15)10-4-6-11(7-5-10)16(17)18/h4-7,9H,8H2,1H3. The van der Waals surface area contributed by atoms with Crippen LogP contribution in [0, 0.1) is 22.0 Å². The van der Waals surface area contributed by atoms with Gasteiger partial charge in [-0.1, -0.05) is 5.92 Å². The highest BCUT2D eigenvalue weighted by Crippen LogP contribution is 2.18. The third-order valence-corrected chi connectivity index (χ3v) is 2.29. The lowest BCUT2D eigenvalue weighted by atomic mass is 10.2. The number of rotatable bonds is 3. The van der Waals surface area contributed by atoms with E-state index in [1.165, 1.54) is 12.1 Å². The van der Waals surface area contributed by atoms with Crippen LogP contribution >= 0.6 is 0 Å². The second-order valence-electron chi connectivity index (χ2n) is 3.50. The molecule has 6 heteroatoms. The zero-order chi connectivity index (χ0) is 13.0. The Labute approximate surface area is 103 Å². The Morgan fingerprint density at radius 3 is 2.72 bits per heavy atom. The summed E-state index contributed by atoms with van der Waals surface area (Å²) >= 11 is 0. The summed E-state index contributed by atoms with van der Waals surface area (Å²) in [5.74, 6) is 6.18. The molecule has 0 radical (unpaired) electrons. The number of nitro benzene ring substituents is 1. The van der Waals surface area contributed by atoms with E-state index in [0.29, 0.717) is 12.4 Å². The first-order valence-electron chi connectivity index (χ1n) is 5.24. The molecule has 0 aliphatic carbocycles. The predicted molar refractivity (Wildman–Crippen MR) is 65.6 cm³/mol. The lowest BCUT2D eigenvalue weighted by Crippen LogP contribution is -1.96. The monoisotopic (exact) mass is 242 g/mol. The minimum atomic E-state index is -0.438. The Kier molecular flexibility index (Phi) is 3.34. The predicted octanol–water partition coefficient (Wildman–Crippen LogP) is 1.88. The Balaban J connectivity index is 2.22. The number of non-ortho nitro benzene ring substituents is 1. The second-order valence-corrected chi connectivity index (χ2v) is 3.50. The quantitative estimate of drug-likeness (QED) is 0.468. The van der Waals surface area contributed by atoms with Gasteiger partial charge in [0.15, 0.2) is 5.82 Å². The number of benzene rings is 1. The molecule has 0 fully saturated rings. The molecule has 0 aliphatic heterocycles. The van der Waals surface area contributed by atoms with E-state index < -0.39 is 4.92 Å². The molecular weight excluding hydrogens is 232 g/mol. The third-order valence-electron chi connectivity index (χ3n) is 2.29. The SMILES string of the molecule is CC#CCn1cnc(-c2ccc([N+](=O)[O-])cc2)n1. The van der Waals surface area contributed by atoms with Gasteiger partial charge in [-0.2, -0.15) is 5.10 Å². The maximum Gasteiger partial charge on any atom is 0.269 e. The third kappa shape index (κ3) is 2.52. The minimum Gasteiger partial charge on any atom is -0.258 e. The number of nitro groups is 1. The molecule has 0 bridgehead atoms. The van der Waals surface area contributed by atoms with Crippen LogP contribution in [-0.2, 0) is 6.54 Å². The molecule has 2 rings (SSSR count). The molecule has 0 N–H and O–H groups in total. The molecule has 6 nitrogen and oxygen atoms in total. The summed E-state index contributed by atoms with van der Waals surface area (Å²) in [6.07, 6.45) is 1.58. The molecule has 90 valence electrons. The number of hydrogen-bond donors (Lipinski definition) is 0. The van der Waals surface area contributed by atoms with Gasteiger partial charge < -0.3 is 0 Å². The summed E-state index contributed by atoms with van der Waals surface area (Å²) in [5.41, 5.74) is 0.791. The van der Waals surface area contributed by atoms with Crippen LogP contribution in [0.2, 0.25) is 0 Å².